The number of halogens is 2. The van der Waals surface area contributed by atoms with Crippen molar-refractivity contribution in [1.82, 2.24) is 4.90 Å². The number of ether oxygens (including phenoxy) is 1. The van der Waals surface area contributed by atoms with Gasteiger partial charge in [-0.1, -0.05) is 35.3 Å². The second-order valence-corrected chi connectivity index (χ2v) is 8.44. The Labute approximate surface area is 180 Å². The molecule has 152 valence electrons. The number of fused-ring (bicyclic) bond motifs is 1. The second-order valence-electron chi connectivity index (χ2n) is 7.60. The molecule has 1 unspecified atom stereocenters. The fourth-order valence-electron chi connectivity index (χ4n) is 3.75. The molecule has 0 spiro atoms. The molecule has 4 rings (SSSR count). The summed E-state index contributed by atoms with van der Waals surface area (Å²) >= 11 is 12.3. The minimum Gasteiger partial charge on any atom is -0.451 e. The molecular weight excluding hydrogens is 409 g/mol. The van der Waals surface area contributed by atoms with Gasteiger partial charge in [0.15, 0.2) is 5.76 Å². The molecule has 0 N–H and O–H groups in total. The predicted molar refractivity (Wildman–Crippen MR) is 116 cm³/mol. The Bertz CT molecular complexity index is 1040. The summed E-state index contributed by atoms with van der Waals surface area (Å²) in [4.78, 5) is 15.3. The molecule has 1 atom stereocenters. The van der Waals surface area contributed by atoms with Crippen LogP contribution in [-0.2, 0) is 11.3 Å². The molecule has 0 saturated carbocycles. The van der Waals surface area contributed by atoms with E-state index in [9.17, 15) is 4.79 Å². The van der Waals surface area contributed by atoms with Crippen LogP contribution < -0.4 is 0 Å². The lowest BCUT2D eigenvalue weighted by molar-refractivity contribution is 0.0485. The van der Waals surface area contributed by atoms with Gasteiger partial charge < -0.3 is 14.1 Å². The summed E-state index contributed by atoms with van der Waals surface area (Å²) in [6.07, 6.45) is 2.03. The van der Waals surface area contributed by atoms with Crippen molar-refractivity contribution in [2.45, 2.75) is 39.3 Å². The molecule has 4 nitrogen and oxygen atoms in total. The second kappa shape index (κ2) is 8.39. The Hall–Kier alpha value is -2.01. The SMILES string of the molecule is Cc1cc2oc(C(=O)N(Cc3ccc(Cl)cc3)CC3CCCO3)c(C)c2cc1Cl. The van der Waals surface area contributed by atoms with Crippen LogP contribution in [0.1, 0.15) is 40.1 Å². The van der Waals surface area contributed by atoms with Gasteiger partial charge >= 0.3 is 0 Å². The number of hydrogen-bond donors (Lipinski definition) is 0. The zero-order valence-corrected chi connectivity index (χ0v) is 18.0. The molecular formula is C23H23Cl2NO3. The van der Waals surface area contributed by atoms with Crippen molar-refractivity contribution in [3.63, 3.8) is 0 Å². The normalized spacial score (nSPS) is 16.5. The predicted octanol–water partition coefficient (Wildman–Crippen LogP) is 6.18. The highest BCUT2D eigenvalue weighted by Crippen LogP contribution is 2.31. The molecule has 0 bridgehead atoms. The van der Waals surface area contributed by atoms with E-state index >= 15 is 0 Å². The fourth-order valence-corrected chi connectivity index (χ4v) is 4.04. The highest BCUT2D eigenvalue weighted by Gasteiger charge is 2.27. The molecule has 1 saturated heterocycles. The molecule has 0 radical (unpaired) electrons. The summed E-state index contributed by atoms with van der Waals surface area (Å²) in [6.45, 7) is 5.56. The van der Waals surface area contributed by atoms with E-state index in [2.05, 4.69) is 0 Å². The van der Waals surface area contributed by atoms with Crippen LogP contribution in [-0.4, -0.2) is 30.1 Å². The van der Waals surface area contributed by atoms with Crippen LogP contribution in [0, 0.1) is 13.8 Å². The lowest BCUT2D eigenvalue weighted by Crippen LogP contribution is -2.37. The van der Waals surface area contributed by atoms with Crippen molar-refractivity contribution in [3.05, 3.63) is 68.9 Å². The van der Waals surface area contributed by atoms with Gasteiger partial charge in [0, 0.05) is 40.7 Å². The Balaban J connectivity index is 1.67. The van der Waals surface area contributed by atoms with E-state index in [0.29, 0.717) is 34.5 Å². The highest BCUT2D eigenvalue weighted by atomic mass is 35.5. The van der Waals surface area contributed by atoms with Gasteiger partial charge in [0.2, 0.25) is 0 Å². The molecule has 1 aliphatic heterocycles. The summed E-state index contributed by atoms with van der Waals surface area (Å²) in [5, 5.41) is 2.21. The molecule has 2 aromatic carbocycles. The molecule has 1 aliphatic rings. The number of rotatable bonds is 5. The summed E-state index contributed by atoms with van der Waals surface area (Å²) in [6, 6.07) is 11.3. The third kappa shape index (κ3) is 4.30. The molecule has 1 aromatic heterocycles. The highest BCUT2D eigenvalue weighted by molar-refractivity contribution is 6.32. The molecule has 2 heterocycles. The number of benzene rings is 2. The Morgan fingerprint density at radius 2 is 1.93 bits per heavy atom. The number of carbonyl (C=O) groups excluding carboxylic acids is 1. The van der Waals surface area contributed by atoms with Gasteiger partial charge in [-0.25, -0.2) is 0 Å². The Kier molecular flexibility index (Phi) is 5.86. The summed E-state index contributed by atoms with van der Waals surface area (Å²) < 4.78 is 11.8. The lowest BCUT2D eigenvalue weighted by Gasteiger charge is -2.25. The van der Waals surface area contributed by atoms with E-state index in [0.717, 1.165) is 41.5 Å². The minimum absolute atomic E-state index is 0.0487. The first kappa shape index (κ1) is 20.3. The van der Waals surface area contributed by atoms with Crippen molar-refractivity contribution < 1.29 is 13.9 Å². The number of aryl methyl sites for hydroxylation is 2. The van der Waals surface area contributed by atoms with Crippen LogP contribution in [0.5, 0.6) is 0 Å². The summed E-state index contributed by atoms with van der Waals surface area (Å²) in [7, 11) is 0. The average molecular weight is 432 g/mol. The van der Waals surface area contributed by atoms with E-state index in [4.69, 9.17) is 32.4 Å². The number of amides is 1. The summed E-state index contributed by atoms with van der Waals surface area (Å²) in [5.74, 6) is 0.214. The maximum Gasteiger partial charge on any atom is 0.290 e. The van der Waals surface area contributed by atoms with Gasteiger partial charge in [-0.05, 0) is 62.1 Å². The van der Waals surface area contributed by atoms with E-state index in [-0.39, 0.29) is 12.0 Å². The first-order valence-corrected chi connectivity index (χ1v) is 10.5. The van der Waals surface area contributed by atoms with E-state index < -0.39 is 0 Å². The van der Waals surface area contributed by atoms with Crippen LogP contribution in [0.25, 0.3) is 11.0 Å². The largest absolute Gasteiger partial charge is 0.451 e. The van der Waals surface area contributed by atoms with Crippen LogP contribution in [0.4, 0.5) is 0 Å². The van der Waals surface area contributed by atoms with E-state index in [1.165, 1.54) is 0 Å². The van der Waals surface area contributed by atoms with Gasteiger partial charge in [-0.15, -0.1) is 0 Å². The van der Waals surface area contributed by atoms with Crippen LogP contribution in [0.2, 0.25) is 10.0 Å². The van der Waals surface area contributed by atoms with Crippen LogP contribution in [0.15, 0.2) is 40.8 Å². The maximum absolute atomic E-state index is 13.5. The van der Waals surface area contributed by atoms with Gasteiger partial charge in [0.25, 0.3) is 5.91 Å². The Morgan fingerprint density at radius 3 is 2.62 bits per heavy atom. The standard InChI is InChI=1S/C23H23Cl2NO3/c1-14-10-21-19(11-20(14)25)15(2)22(29-21)23(27)26(13-18-4-3-9-28-18)12-16-5-7-17(24)8-6-16/h5-8,10-11,18H,3-4,9,12-13H2,1-2H3. The van der Waals surface area contributed by atoms with Crippen LogP contribution in [0.3, 0.4) is 0 Å². The average Bonchev–Trinajstić information content (AvgIpc) is 3.32. The molecule has 6 heteroatoms. The van der Waals surface area contributed by atoms with Crippen molar-refractivity contribution in [2.24, 2.45) is 0 Å². The molecule has 1 amide bonds. The molecule has 29 heavy (non-hydrogen) atoms. The van der Waals surface area contributed by atoms with Gasteiger partial charge in [-0.2, -0.15) is 0 Å². The summed E-state index contributed by atoms with van der Waals surface area (Å²) in [5.41, 5.74) is 3.41. The van der Waals surface area contributed by atoms with E-state index in [1.807, 2.05) is 50.2 Å². The maximum atomic E-state index is 13.5. The van der Waals surface area contributed by atoms with Crippen molar-refractivity contribution in [3.8, 4) is 0 Å². The first-order valence-electron chi connectivity index (χ1n) is 9.77. The number of furan rings is 1. The van der Waals surface area contributed by atoms with Crippen molar-refractivity contribution in [1.29, 1.82) is 0 Å². The Morgan fingerprint density at radius 1 is 1.17 bits per heavy atom. The monoisotopic (exact) mass is 431 g/mol. The zero-order valence-electron chi connectivity index (χ0n) is 16.5. The van der Waals surface area contributed by atoms with E-state index in [1.54, 1.807) is 4.90 Å². The number of hydrogen-bond acceptors (Lipinski definition) is 3. The lowest BCUT2D eigenvalue weighted by atomic mass is 10.1. The minimum atomic E-state index is -0.141. The number of nitrogens with zero attached hydrogens (tertiary/aromatic N) is 1. The smallest absolute Gasteiger partial charge is 0.290 e. The quantitative estimate of drug-likeness (QED) is 0.484. The molecule has 3 aromatic rings. The third-order valence-corrected chi connectivity index (χ3v) is 6.09. The zero-order chi connectivity index (χ0) is 20.5. The topological polar surface area (TPSA) is 42.7 Å². The third-order valence-electron chi connectivity index (χ3n) is 5.43. The van der Waals surface area contributed by atoms with Gasteiger partial charge in [-0.3, -0.25) is 4.79 Å². The number of carbonyl (C=O) groups is 1. The first-order chi connectivity index (χ1) is 13.9. The van der Waals surface area contributed by atoms with Gasteiger partial charge in [0.05, 0.1) is 6.10 Å². The van der Waals surface area contributed by atoms with Crippen molar-refractivity contribution >= 4 is 40.1 Å². The van der Waals surface area contributed by atoms with Crippen molar-refractivity contribution in [2.75, 3.05) is 13.2 Å². The molecule has 0 aliphatic carbocycles. The fraction of sp³-hybridized carbons (Fsp3) is 0.348. The molecule has 1 fully saturated rings. The van der Waals surface area contributed by atoms with Crippen LogP contribution >= 0.6 is 23.2 Å². The van der Waals surface area contributed by atoms with Gasteiger partial charge in [0.1, 0.15) is 5.58 Å².